The predicted octanol–water partition coefficient (Wildman–Crippen LogP) is 2.32. The van der Waals surface area contributed by atoms with E-state index in [1.165, 1.54) is 18.4 Å². The second kappa shape index (κ2) is 13.2. The number of hydrogen-bond acceptors (Lipinski definition) is 5. The molecule has 3 rings (SSSR count). The Bertz CT molecular complexity index is 617. The van der Waals surface area contributed by atoms with Crippen LogP contribution >= 0.6 is 24.0 Å². The molecule has 7 nitrogen and oxygen atoms in total. The minimum Gasteiger partial charge on any atom is -0.381 e. The van der Waals surface area contributed by atoms with Crippen LogP contribution in [-0.2, 0) is 11.3 Å². The van der Waals surface area contributed by atoms with Gasteiger partial charge in [-0.3, -0.25) is 0 Å². The van der Waals surface area contributed by atoms with Gasteiger partial charge in [0.15, 0.2) is 5.96 Å². The van der Waals surface area contributed by atoms with Gasteiger partial charge in [0.2, 0.25) is 0 Å². The lowest BCUT2D eigenvalue weighted by molar-refractivity contribution is 0.123. The third-order valence-corrected chi connectivity index (χ3v) is 5.23. The Hall–Kier alpha value is -1.13. The average Bonchev–Trinajstić information content (AvgIpc) is 3.54. The molecule has 2 heterocycles. The summed E-state index contributed by atoms with van der Waals surface area (Å²) < 4.78 is 5.70. The maximum Gasteiger partial charge on any atom is 0.191 e. The molecule has 0 aromatic carbocycles. The smallest absolute Gasteiger partial charge is 0.191 e. The van der Waals surface area contributed by atoms with Crippen molar-refractivity contribution in [2.24, 2.45) is 10.9 Å². The highest BCUT2D eigenvalue weighted by atomic mass is 127. The lowest BCUT2D eigenvalue weighted by atomic mass is 10.2. The molecule has 0 radical (unpaired) electrons. The van der Waals surface area contributed by atoms with Crippen LogP contribution in [0.2, 0.25) is 0 Å². The first-order chi connectivity index (χ1) is 13.8. The summed E-state index contributed by atoms with van der Waals surface area (Å²) in [5.41, 5.74) is 1.18. The summed E-state index contributed by atoms with van der Waals surface area (Å²) in [4.78, 5) is 14.2. The van der Waals surface area contributed by atoms with E-state index < -0.39 is 0 Å². The van der Waals surface area contributed by atoms with Gasteiger partial charge in [-0.2, -0.15) is 0 Å². The molecule has 2 N–H and O–H groups in total. The maximum absolute atomic E-state index is 5.70. The number of nitrogens with one attached hydrogen (secondary N) is 2. The van der Waals surface area contributed by atoms with E-state index >= 15 is 0 Å². The maximum atomic E-state index is 5.70. The third kappa shape index (κ3) is 8.64. The number of aromatic nitrogens is 1. The van der Waals surface area contributed by atoms with Gasteiger partial charge in [0.05, 0.1) is 6.54 Å². The van der Waals surface area contributed by atoms with Crippen molar-refractivity contribution in [3.8, 4) is 0 Å². The molecule has 1 aliphatic heterocycles. The van der Waals surface area contributed by atoms with Crippen LogP contribution in [0.3, 0.4) is 0 Å². The fraction of sp³-hybridized carbons (Fsp3) is 0.714. The standard InChI is InChI=1S/C21H36N6O.HI/c1-3-22-21(24-10-5-15-28-17-18-7-8-18)25-16-19-6-4-9-23-20(19)27-13-11-26(2)12-14-27;/h4,6,9,18H,3,5,7-8,10-17H2,1-2H3,(H2,22,24,25);1H. The highest BCUT2D eigenvalue weighted by Gasteiger charge is 2.21. The van der Waals surface area contributed by atoms with Crippen LogP contribution in [0.5, 0.6) is 0 Å². The molecule has 8 heteroatoms. The molecule has 1 aliphatic carbocycles. The minimum atomic E-state index is 0. The van der Waals surface area contributed by atoms with E-state index in [1.807, 2.05) is 12.3 Å². The molecule has 1 saturated carbocycles. The van der Waals surface area contributed by atoms with Gasteiger partial charge in [0.25, 0.3) is 0 Å². The van der Waals surface area contributed by atoms with E-state index in [1.54, 1.807) is 0 Å². The summed E-state index contributed by atoms with van der Waals surface area (Å²) in [6.45, 7) is 10.4. The number of aliphatic imine (C=N–C) groups is 1. The number of rotatable bonds is 10. The lowest BCUT2D eigenvalue weighted by Gasteiger charge is -2.34. The highest BCUT2D eigenvalue weighted by Crippen LogP contribution is 2.28. The second-order valence-corrected chi connectivity index (χ2v) is 7.77. The van der Waals surface area contributed by atoms with Crippen molar-refractivity contribution in [2.75, 3.05) is 64.4 Å². The molecule has 0 bridgehead atoms. The van der Waals surface area contributed by atoms with Gasteiger partial charge in [-0.05, 0) is 45.2 Å². The van der Waals surface area contributed by atoms with Crippen LogP contribution in [0.25, 0.3) is 0 Å². The van der Waals surface area contributed by atoms with Gasteiger partial charge in [0, 0.05) is 64.2 Å². The zero-order valence-electron chi connectivity index (χ0n) is 17.9. The van der Waals surface area contributed by atoms with Crippen molar-refractivity contribution in [1.82, 2.24) is 20.5 Å². The average molecular weight is 516 g/mol. The zero-order chi connectivity index (χ0) is 19.6. The van der Waals surface area contributed by atoms with Crippen molar-refractivity contribution in [2.45, 2.75) is 32.7 Å². The number of guanidine groups is 1. The van der Waals surface area contributed by atoms with Crippen LogP contribution in [0.4, 0.5) is 5.82 Å². The Kier molecular flexibility index (Phi) is 11.0. The Labute approximate surface area is 192 Å². The van der Waals surface area contributed by atoms with Gasteiger partial charge in [-0.1, -0.05) is 6.07 Å². The van der Waals surface area contributed by atoms with E-state index in [2.05, 4.69) is 45.5 Å². The Morgan fingerprint density at radius 1 is 1.24 bits per heavy atom. The SMILES string of the molecule is CCNC(=NCc1cccnc1N1CCN(C)CC1)NCCCOCC1CC1.I. The van der Waals surface area contributed by atoms with E-state index in [0.29, 0.717) is 6.54 Å². The van der Waals surface area contributed by atoms with Gasteiger partial charge in [-0.25, -0.2) is 9.98 Å². The Balaban J connectivity index is 0.00000300. The minimum absolute atomic E-state index is 0. The van der Waals surface area contributed by atoms with Gasteiger partial charge in [-0.15, -0.1) is 24.0 Å². The van der Waals surface area contributed by atoms with Crippen LogP contribution in [0.1, 0.15) is 31.7 Å². The molecule has 1 aromatic heterocycles. The van der Waals surface area contributed by atoms with E-state index in [-0.39, 0.29) is 24.0 Å². The first-order valence-electron chi connectivity index (χ1n) is 10.7. The van der Waals surface area contributed by atoms with Crippen LogP contribution in [0, 0.1) is 5.92 Å². The molecule has 164 valence electrons. The summed E-state index contributed by atoms with van der Waals surface area (Å²) in [7, 11) is 2.17. The van der Waals surface area contributed by atoms with Gasteiger partial charge >= 0.3 is 0 Å². The molecule has 0 spiro atoms. The number of pyridine rings is 1. The number of piperazine rings is 1. The zero-order valence-corrected chi connectivity index (χ0v) is 20.2. The molecule has 2 fully saturated rings. The number of ether oxygens (including phenoxy) is 1. The number of nitrogens with zero attached hydrogens (tertiary/aromatic N) is 4. The van der Waals surface area contributed by atoms with Crippen molar-refractivity contribution in [3.63, 3.8) is 0 Å². The first kappa shape index (κ1) is 24.1. The summed E-state index contributed by atoms with van der Waals surface area (Å²) in [5, 5.41) is 6.75. The predicted molar refractivity (Wildman–Crippen MR) is 130 cm³/mol. The molecular weight excluding hydrogens is 479 g/mol. The molecule has 1 saturated heterocycles. The van der Waals surface area contributed by atoms with Crippen LogP contribution in [-0.4, -0.2) is 75.4 Å². The lowest BCUT2D eigenvalue weighted by Crippen LogP contribution is -2.45. The molecule has 1 aromatic rings. The van der Waals surface area contributed by atoms with Crippen molar-refractivity contribution < 1.29 is 4.74 Å². The van der Waals surface area contributed by atoms with Crippen LogP contribution < -0.4 is 15.5 Å². The number of anilines is 1. The number of likely N-dealkylation sites (N-methyl/N-ethyl adjacent to an activating group) is 1. The summed E-state index contributed by atoms with van der Waals surface area (Å²) in [6.07, 6.45) is 5.57. The first-order valence-corrected chi connectivity index (χ1v) is 10.7. The summed E-state index contributed by atoms with van der Waals surface area (Å²) in [5.74, 6) is 2.77. The Morgan fingerprint density at radius 3 is 2.76 bits per heavy atom. The molecule has 29 heavy (non-hydrogen) atoms. The fourth-order valence-corrected chi connectivity index (χ4v) is 3.28. The molecule has 0 amide bonds. The van der Waals surface area contributed by atoms with E-state index in [9.17, 15) is 0 Å². The van der Waals surface area contributed by atoms with Crippen molar-refractivity contribution in [3.05, 3.63) is 23.9 Å². The molecular formula is C21H37IN6O. The summed E-state index contributed by atoms with van der Waals surface area (Å²) in [6, 6.07) is 4.14. The fourth-order valence-electron chi connectivity index (χ4n) is 3.28. The van der Waals surface area contributed by atoms with Gasteiger partial charge in [0.1, 0.15) is 5.82 Å². The monoisotopic (exact) mass is 516 g/mol. The van der Waals surface area contributed by atoms with Crippen LogP contribution in [0.15, 0.2) is 23.3 Å². The highest BCUT2D eigenvalue weighted by molar-refractivity contribution is 14.0. The summed E-state index contributed by atoms with van der Waals surface area (Å²) >= 11 is 0. The third-order valence-electron chi connectivity index (χ3n) is 5.23. The normalized spacial score (nSPS) is 17.7. The topological polar surface area (TPSA) is 65.0 Å². The second-order valence-electron chi connectivity index (χ2n) is 7.77. The van der Waals surface area contributed by atoms with Gasteiger partial charge < -0.3 is 25.2 Å². The quantitative estimate of drug-likeness (QED) is 0.216. The van der Waals surface area contributed by atoms with E-state index in [0.717, 1.165) is 76.6 Å². The number of hydrogen-bond donors (Lipinski definition) is 2. The molecule has 2 aliphatic rings. The largest absolute Gasteiger partial charge is 0.381 e. The Morgan fingerprint density at radius 2 is 2.03 bits per heavy atom. The van der Waals surface area contributed by atoms with E-state index in [4.69, 9.17) is 9.73 Å². The molecule has 0 unspecified atom stereocenters. The molecule has 0 atom stereocenters. The van der Waals surface area contributed by atoms with Crippen molar-refractivity contribution in [1.29, 1.82) is 0 Å². The van der Waals surface area contributed by atoms with Crippen molar-refractivity contribution >= 4 is 35.8 Å². The number of halogens is 1.